The fourth-order valence-electron chi connectivity index (χ4n) is 2.67. The second kappa shape index (κ2) is 10.2. The normalized spacial score (nSPS) is 14.6. The summed E-state index contributed by atoms with van der Waals surface area (Å²) in [5.41, 5.74) is 0.312. The van der Waals surface area contributed by atoms with Crippen LogP contribution in [0.25, 0.3) is 0 Å². The molecule has 1 aliphatic heterocycles. The second-order valence-corrected chi connectivity index (χ2v) is 6.27. The number of anilines is 1. The number of morpholine rings is 1. The van der Waals surface area contributed by atoms with Crippen LogP contribution in [0.3, 0.4) is 0 Å². The van der Waals surface area contributed by atoms with Crippen LogP contribution in [-0.4, -0.2) is 65.4 Å². The summed E-state index contributed by atoms with van der Waals surface area (Å²) in [7, 11) is 2.91. The SMILES string of the molecule is COc1cc(NC(=O)C(=O)NCCC[NH+]2CCOCC2)c(OC)cc1Cl. The smallest absolute Gasteiger partial charge is 0.313 e. The number of halogens is 1. The molecule has 1 aromatic rings. The van der Waals surface area contributed by atoms with Crippen molar-refractivity contribution in [3.05, 3.63) is 17.2 Å². The zero-order chi connectivity index (χ0) is 18.9. The first-order valence-electron chi connectivity index (χ1n) is 8.47. The first kappa shape index (κ1) is 20.3. The largest absolute Gasteiger partial charge is 0.495 e. The number of hydrogen-bond donors (Lipinski definition) is 3. The van der Waals surface area contributed by atoms with E-state index in [1.807, 2.05) is 0 Å². The zero-order valence-corrected chi connectivity index (χ0v) is 15.8. The van der Waals surface area contributed by atoms with E-state index in [9.17, 15) is 9.59 Å². The van der Waals surface area contributed by atoms with Crippen LogP contribution in [0.1, 0.15) is 6.42 Å². The lowest BCUT2D eigenvalue weighted by Crippen LogP contribution is -3.14. The summed E-state index contributed by atoms with van der Waals surface area (Å²) in [6.45, 7) is 4.89. The number of hydrogen-bond acceptors (Lipinski definition) is 5. The number of carbonyl (C=O) groups is 2. The van der Waals surface area contributed by atoms with Crippen LogP contribution >= 0.6 is 11.6 Å². The maximum atomic E-state index is 12.1. The van der Waals surface area contributed by atoms with Crippen LogP contribution in [0.4, 0.5) is 5.69 Å². The monoisotopic (exact) mass is 386 g/mol. The van der Waals surface area contributed by atoms with Crippen molar-refractivity contribution in [1.29, 1.82) is 0 Å². The molecular formula is C17H25ClN3O5+. The van der Waals surface area contributed by atoms with E-state index < -0.39 is 11.8 Å². The van der Waals surface area contributed by atoms with Crippen molar-refractivity contribution >= 4 is 29.1 Å². The molecule has 1 fully saturated rings. The fourth-order valence-corrected chi connectivity index (χ4v) is 2.90. The van der Waals surface area contributed by atoms with E-state index in [0.29, 0.717) is 28.8 Å². The van der Waals surface area contributed by atoms with Gasteiger partial charge in [-0.1, -0.05) is 11.6 Å². The summed E-state index contributed by atoms with van der Waals surface area (Å²) < 4.78 is 15.6. The van der Waals surface area contributed by atoms with E-state index in [4.69, 9.17) is 25.8 Å². The van der Waals surface area contributed by atoms with Gasteiger partial charge in [-0.2, -0.15) is 0 Å². The predicted octanol–water partition coefficient (Wildman–Crippen LogP) is -0.283. The highest BCUT2D eigenvalue weighted by molar-refractivity contribution is 6.40. The van der Waals surface area contributed by atoms with Gasteiger partial charge in [-0.05, 0) is 0 Å². The molecule has 0 unspecified atom stereocenters. The summed E-state index contributed by atoms with van der Waals surface area (Å²) in [5, 5.41) is 5.49. The van der Waals surface area contributed by atoms with Crippen LogP contribution in [0.2, 0.25) is 5.02 Å². The lowest BCUT2D eigenvalue weighted by atomic mass is 10.2. The van der Waals surface area contributed by atoms with Gasteiger partial charge in [0.25, 0.3) is 0 Å². The molecule has 0 aliphatic carbocycles. The molecule has 0 saturated carbocycles. The lowest BCUT2D eigenvalue weighted by Gasteiger charge is -2.23. The number of ether oxygens (including phenoxy) is 3. The highest BCUT2D eigenvalue weighted by Gasteiger charge is 2.18. The van der Waals surface area contributed by atoms with E-state index in [2.05, 4.69) is 10.6 Å². The minimum atomic E-state index is -0.772. The summed E-state index contributed by atoms with van der Waals surface area (Å²) in [5.74, 6) is -0.756. The maximum Gasteiger partial charge on any atom is 0.313 e. The Bertz CT molecular complexity index is 635. The molecule has 1 heterocycles. The molecule has 9 heteroatoms. The van der Waals surface area contributed by atoms with Gasteiger partial charge in [0.15, 0.2) is 0 Å². The quantitative estimate of drug-likeness (QED) is 0.443. The zero-order valence-electron chi connectivity index (χ0n) is 15.0. The van der Waals surface area contributed by atoms with Crippen LogP contribution in [0.15, 0.2) is 12.1 Å². The van der Waals surface area contributed by atoms with E-state index >= 15 is 0 Å². The van der Waals surface area contributed by atoms with Gasteiger partial charge < -0.3 is 29.7 Å². The Balaban J connectivity index is 1.82. The molecule has 0 bridgehead atoms. The second-order valence-electron chi connectivity index (χ2n) is 5.86. The van der Waals surface area contributed by atoms with Crippen LogP contribution in [-0.2, 0) is 14.3 Å². The molecular weight excluding hydrogens is 362 g/mol. The number of amides is 2. The molecule has 8 nitrogen and oxygen atoms in total. The van der Waals surface area contributed by atoms with E-state index in [1.54, 1.807) is 0 Å². The molecule has 0 aromatic heterocycles. The molecule has 2 rings (SSSR count). The third-order valence-electron chi connectivity index (χ3n) is 4.12. The summed E-state index contributed by atoms with van der Waals surface area (Å²) >= 11 is 6.02. The van der Waals surface area contributed by atoms with Crippen molar-refractivity contribution in [2.24, 2.45) is 0 Å². The predicted molar refractivity (Wildman–Crippen MR) is 97.2 cm³/mol. The highest BCUT2D eigenvalue weighted by Crippen LogP contribution is 2.35. The van der Waals surface area contributed by atoms with E-state index in [1.165, 1.54) is 31.3 Å². The first-order chi connectivity index (χ1) is 12.5. The molecule has 3 N–H and O–H groups in total. The van der Waals surface area contributed by atoms with Crippen molar-refractivity contribution in [2.45, 2.75) is 6.42 Å². The molecule has 2 amide bonds. The highest BCUT2D eigenvalue weighted by atomic mass is 35.5. The number of methoxy groups -OCH3 is 2. The number of rotatable bonds is 7. The number of quaternary nitrogens is 1. The minimum absolute atomic E-state index is 0.312. The number of carbonyl (C=O) groups excluding carboxylic acids is 2. The van der Waals surface area contributed by atoms with Crippen molar-refractivity contribution in [2.75, 3.05) is 58.9 Å². The average Bonchev–Trinajstić information content (AvgIpc) is 2.66. The standard InChI is InChI=1S/C17H24ClN3O5/c1-24-14-11-13(15(25-2)10-12(14)18)20-17(23)16(22)19-4-3-5-21-6-8-26-9-7-21/h10-11H,3-9H2,1-2H3,(H,19,22)(H,20,23)/p+1. The molecule has 0 radical (unpaired) electrons. The van der Waals surface area contributed by atoms with E-state index in [-0.39, 0.29) is 0 Å². The molecule has 1 saturated heterocycles. The molecule has 0 spiro atoms. The van der Waals surface area contributed by atoms with Gasteiger partial charge in [-0.15, -0.1) is 0 Å². The third-order valence-corrected chi connectivity index (χ3v) is 4.42. The fraction of sp³-hybridized carbons (Fsp3) is 0.529. The van der Waals surface area contributed by atoms with Crippen molar-refractivity contribution in [3.63, 3.8) is 0 Å². The Morgan fingerprint density at radius 1 is 1.15 bits per heavy atom. The Morgan fingerprint density at radius 3 is 2.50 bits per heavy atom. The first-order valence-corrected chi connectivity index (χ1v) is 8.85. The van der Waals surface area contributed by atoms with Crippen molar-refractivity contribution in [1.82, 2.24) is 5.32 Å². The van der Waals surface area contributed by atoms with Gasteiger partial charge in [-0.25, -0.2) is 0 Å². The van der Waals surface area contributed by atoms with Crippen LogP contribution in [0, 0.1) is 0 Å². The Hall–Kier alpha value is -2.03. The number of nitrogens with one attached hydrogen (secondary N) is 3. The van der Waals surface area contributed by atoms with Gasteiger partial charge in [-0.3, -0.25) is 9.59 Å². The van der Waals surface area contributed by atoms with Gasteiger partial charge >= 0.3 is 11.8 Å². The van der Waals surface area contributed by atoms with Crippen molar-refractivity contribution < 1.29 is 28.7 Å². The topological polar surface area (TPSA) is 90.3 Å². The van der Waals surface area contributed by atoms with Crippen LogP contribution in [0.5, 0.6) is 11.5 Å². The minimum Gasteiger partial charge on any atom is -0.495 e. The maximum absolute atomic E-state index is 12.1. The third kappa shape index (κ3) is 5.76. The molecule has 144 valence electrons. The number of benzene rings is 1. The molecule has 1 aromatic carbocycles. The average molecular weight is 387 g/mol. The van der Waals surface area contributed by atoms with Crippen molar-refractivity contribution in [3.8, 4) is 11.5 Å². The molecule has 26 heavy (non-hydrogen) atoms. The lowest BCUT2D eigenvalue weighted by molar-refractivity contribution is -0.908. The Labute approximate surface area is 157 Å². The molecule has 1 aliphatic rings. The van der Waals surface area contributed by atoms with Gasteiger partial charge in [0, 0.05) is 25.1 Å². The van der Waals surface area contributed by atoms with Crippen LogP contribution < -0.4 is 25.0 Å². The van der Waals surface area contributed by atoms with Gasteiger partial charge in [0.05, 0.1) is 44.7 Å². The Morgan fingerprint density at radius 2 is 1.85 bits per heavy atom. The Kier molecular flexibility index (Phi) is 7.96. The molecule has 0 atom stereocenters. The van der Waals surface area contributed by atoms with Gasteiger partial charge in [0.1, 0.15) is 24.6 Å². The summed E-state index contributed by atoms with van der Waals surface area (Å²) in [4.78, 5) is 25.5. The summed E-state index contributed by atoms with van der Waals surface area (Å²) in [6, 6.07) is 3.02. The van der Waals surface area contributed by atoms with E-state index in [0.717, 1.165) is 39.3 Å². The summed E-state index contributed by atoms with van der Waals surface area (Å²) in [6.07, 6.45) is 0.798. The van der Waals surface area contributed by atoms with Gasteiger partial charge in [0.2, 0.25) is 0 Å².